The van der Waals surface area contributed by atoms with Crippen LogP contribution in [-0.2, 0) is 10.3 Å². The van der Waals surface area contributed by atoms with Crippen molar-refractivity contribution in [3.63, 3.8) is 0 Å². The number of para-hydroxylation sites is 1. The minimum atomic E-state index is -2.73. The highest BCUT2D eigenvalue weighted by molar-refractivity contribution is 6.00. The first kappa shape index (κ1) is 19.4. The van der Waals surface area contributed by atoms with E-state index in [0.717, 1.165) is 12.8 Å². The minimum absolute atomic E-state index is 0.0751. The number of carbonyl (C=O) groups is 2. The normalized spacial score (nSPS) is 15.0. The Morgan fingerprint density at radius 1 is 1.21 bits per heavy atom. The van der Waals surface area contributed by atoms with Crippen LogP contribution in [-0.4, -0.2) is 50.9 Å². The lowest BCUT2D eigenvalue weighted by Crippen LogP contribution is -2.22. The molecule has 1 fully saturated rings. The Kier molecular flexibility index (Phi) is 5.20. The van der Waals surface area contributed by atoms with Gasteiger partial charge in [0, 0.05) is 23.1 Å². The summed E-state index contributed by atoms with van der Waals surface area (Å²) in [7, 11) is 1.49. The fraction of sp³-hybridized carbons (Fsp3) is 0.391. The Balaban J connectivity index is 1.72. The number of methoxy groups -OCH3 is 1. The Morgan fingerprint density at radius 2 is 2.00 bits per heavy atom. The van der Waals surface area contributed by atoms with Crippen molar-refractivity contribution in [2.75, 3.05) is 24.7 Å². The molecule has 11 nitrogen and oxygen atoms in total. The Labute approximate surface area is 201 Å². The number of amides is 2. The molecule has 1 aromatic carbocycles. The molecule has 4 rings (SSSR count). The molecule has 34 heavy (non-hydrogen) atoms. The molecule has 1 saturated carbocycles. The van der Waals surface area contributed by atoms with Gasteiger partial charge in [0.2, 0.25) is 5.91 Å². The summed E-state index contributed by atoms with van der Waals surface area (Å²) < 4.78 is 29.5. The summed E-state index contributed by atoms with van der Waals surface area (Å²) in [5.41, 5.74) is 0.592. The molecule has 11 heteroatoms. The van der Waals surface area contributed by atoms with Gasteiger partial charge in [-0.1, -0.05) is 6.07 Å². The first-order valence-corrected chi connectivity index (χ1v) is 10.7. The first-order chi connectivity index (χ1) is 17.4. The van der Waals surface area contributed by atoms with Crippen LogP contribution in [0.3, 0.4) is 0 Å². The molecule has 0 unspecified atom stereocenters. The van der Waals surface area contributed by atoms with E-state index in [0.29, 0.717) is 22.8 Å². The second-order valence-electron chi connectivity index (χ2n) is 8.90. The molecule has 1 aliphatic rings. The number of anilines is 3. The van der Waals surface area contributed by atoms with Crippen molar-refractivity contribution < 1.29 is 18.4 Å². The van der Waals surface area contributed by atoms with E-state index in [1.165, 1.54) is 13.2 Å². The molecule has 0 spiro atoms. The molecule has 0 atom stereocenters. The summed E-state index contributed by atoms with van der Waals surface area (Å²) in [6.07, 6.45) is 3.23. The number of hydrogen-bond donors (Lipinski definition) is 3. The number of hydrogen-bond acceptors (Lipinski definition) is 8. The quantitative estimate of drug-likeness (QED) is 0.482. The van der Waals surface area contributed by atoms with Gasteiger partial charge in [-0.2, -0.15) is 5.10 Å². The lowest BCUT2D eigenvalue weighted by molar-refractivity contribution is -0.117. The molecular weight excluding hydrogens is 436 g/mol. The van der Waals surface area contributed by atoms with Crippen molar-refractivity contribution >= 4 is 29.0 Å². The minimum Gasteiger partial charge on any atom is -0.494 e. The Hall–Kier alpha value is -4.02. The van der Waals surface area contributed by atoms with Crippen molar-refractivity contribution in [2.24, 2.45) is 5.92 Å². The molecule has 0 radical (unpaired) electrons. The highest BCUT2D eigenvalue weighted by atomic mass is 16.5. The maximum Gasteiger partial charge on any atom is 0.273 e. The van der Waals surface area contributed by atoms with E-state index in [9.17, 15) is 9.59 Å². The monoisotopic (exact) mass is 467 g/mol. The zero-order valence-electron chi connectivity index (χ0n) is 22.3. The number of rotatable bonds is 7. The SMILES string of the molecule is [2H]C([2H])([2H])NC(=O)c1nnc(NC(=O)C2CC2)cc1Nc1cccc(-c2ncn(C(C)(C)C)n2)c1OC. The van der Waals surface area contributed by atoms with Gasteiger partial charge < -0.3 is 20.7 Å². The summed E-state index contributed by atoms with van der Waals surface area (Å²) in [5.74, 6) is -0.298. The summed E-state index contributed by atoms with van der Waals surface area (Å²) in [6.45, 7) is 3.28. The lowest BCUT2D eigenvalue weighted by Gasteiger charge is -2.18. The number of nitrogens with one attached hydrogen (secondary N) is 3. The van der Waals surface area contributed by atoms with E-state index in [1.807, 2.05) is 26.1 Å². The van der Waals surface area contributed by atoms with Gasteiger partial charge in [0.05, 0.1) is 29.6 Å². The van der Waals surface area contributed by atoms with E-state index < -0.39 is 12.9 Å². The average Bonchev–Trinajstić information content (AvgIpc) is 3.53. The van der Waals surface area contributed by atoms with Crippen molar-refractivity contribution in [2.45, 2.75) is 39.2 Å². The van der Waals surface area contributed by atoms with Gasteiger partial charge in [-0.05, 0) is 45.7 Å². The standard InChI is InChI=1S/C23H28N8O3/c1-23(2,3)31-12-25-20(30-31)14-7-6-8-15(19(14)34-5)26-16-11-17(27-21(32)13-9-10-13)28-29-18(16)22(33)24-4/h6-8,11-13H,9-10H2,1-5H3,(H,24,33)(H2,26,27,28,32)/i4D3. The van der Waals surface area contributed by atoms with Crippen LogP contribution in [0.1, 0.15) is 48.2 Å². The van der Waals surface area contributed by atoms with E-state index in [1.54, 1.807) is 29.2 Å². The van der Waals surface area contributed by atoms with E-state index in [4.69, 9.17) is 8.85 Å². The zero-order valence-corrected chi connectivity index (χ0v) is 19.3. The fourth-order valence-electron chi connectivity index (χ4n) is 3.23. The smallest absolute Gasteiger partial charge is 0.273 e. The molecule has 3 N–H and O–H groups in total. The fourth-order valence-corrected chi connectivity index (χ4v) is 3.23. The summed E-state index contributed by atoms with van der Waals surface area (Å²) in [4.78, 5) is 29.4. The topological polar surface area (TPSA) is 136 Å². The molecule has 0 aliphatic heterocycles. The number of aromatic nitrogens is 5. The number of benzene rings is 1. The number of ether oxygens (including phenoxy) is 1. The van der Waals surface area contributed by atoms with Gasteiger partial charge >= 0.3 is 0 Å². The van der Waals surface area contributed by atoms with Crippen molar-refractivity contribution in [1.82, 2.24) is 30.3 Å². The van der Waals surface area contributed by atoms with Gasteiger partial charge in [0.15, 0.2) is 23.1 Å². The molecule has 178 valence electrons. The van der Waals surface area contributed by atoms with Crippen molar-refractivity contribution in [3.05, 3.63) is 36.3 Å². The molecular formula is C23H28N8O3. The van der Waals surface area contributed by atoms with Gasteiger partial charge in [-0.3, -0.25) is 9.59 Å². The zero-order chi connectivity index (χ0) is 27.0. The predicted molar refractivity (Wildman–Crippen MR) is 127 cm³/mol. The summed E-state index contributed by atoms with van der Waals surface area (Å²) in [5, 5.41) is 20.0. The number of nitrogens with zero attached hydrogens (tertiary/aromatic N) is 5. The van der Waals surface area contributed by atoms with Gasteiger partial charge in [0.25, 0.3) is 5.91 Å². The van der Waals surface area contributed by atoms with E-state index in [2.05, 4.69) is 30.9 Å². The van der Waals surface area contributed by atoms with E-state index >= 15 is 0 Å². The molecule has 1 aliphatic carbocycles. The highest BCUT2D eigenvalue weighted by Gasteiger charge is 2.30. The maximum atomic E-state index is 12.7. The van der Waals surface area contributed by atoms with Gasteiger partial charge in [0.1, 0.15) is 6.33 Å². The van der Waals surface area contributed by atoms with Crippen molar-refractivity contribution in [1.29, 1.82) is 0 Å². The number of carbonyl (C=O) groups excluding carboxylic acids is 2. The molecule has 0 bridgehead atoms. The Bertz CT molecular complexity index is 1330. The summed E-state index contributed by atoms with van der Waals surface area (Å²) in [6, 6.07) is 6.67. The summed E-state index contributed by atoms with van der Waals surface area (Å²) >= 11 is 0. The molecule has 2 amide bonds. The van der Waals surface area contributed by atoms with Crippen LogP contribution in [0.2, 0.25) is 0 Å². The molecule has 0 saturated heterocycles. The predicted octanol–water partition coefficient (Wildman–Crippen LogP) is 2.95. The van der Waals surface area contributed by atoms with Crippen LogP contribution in [0.15, 0.2) is 30.6 Å². The van der Waals surface area contributed by atoms with Crippen LogP contribution < -0.4 is 20.7 Å². The highest BCUT2D eigenvalue weighted by Crippen LogP contribution is 2.37. The lowest BCUT2D eigenvalue weighted by atomic mass is 10.1. The average molecular weight is 468 g/mol. The molecule has 3 aromatic rings. The van der Waals surface area contributed by atoms with Crippen LogP contribution in [0.25, 0.3) is 11.4 Å². The van der Waals surface area contributed by atoms with Gasteiger partial charge in [-0.15, -0.1) is 10.2 Å². The second-order valence-corrected chi connectivity index (χ2v) is 8.90. The van der Waals surface area contributed by atoms with Crippen LogP contribution in [0.4, 0.5) is 17.2 Å². The van der Waals surface area contributed by atoms with Crippen LogP contribution in [0.5, 0.6) is 5.75 Å². The molecule has 2 aromatic heterocycles. The van der Waals surface area contributed by atoms with Crippen molar-refractivity contribution in [3.8, 4) is 17.1 Å². The van der Waals surface area contributed by atoms with Crippen LogP contribution in [0, 0.1) is 5.92 Å². The Morgan fingerprint density at radius 3 is 2.65 bits per heavy atom. The third kappa shape index (κ3) is 4.82. The third-order valence-corrected chi connectivity index (χ3v) is 5.23. The molecule has 2 heterocycles. The maximum absolute atomic E-state index is 12.7. The largest absolute Gasteiger partial charge is 0.494 e. The van der Waals surface area contributed by atoms with Gasteiger partial charge in [-0.25, -0.2) is 9.67 Å². The third-order valence-electron chi connectivity index (χ3n) is 5.23. The van der Waals surface area contributed by atoms with E-state index in [-0.39, 0.29) is 34.6 Å². The first-order valence-electron chi connectivity index (χ1n) is 12.2. The van der Waals surface area contributed by atoms with Crippen LogP contribution >= 0.6 is 0 Å². The second kappa shape index (κ2) is 9.08.